The molecule has 1 N–H and O–H groups in total. The molecule has 1 aromatic rings. The van der Waals surface area contributed by atoms with E-state index in [2.05, 4.69) is 5.32 Å². The van der Waals surface area contributed by atoms with Crippen molar-refractivity contribution >= 4 is 17.5 Å². The van der Waals surface area contributed by atoms with E-state index in [0.29, 0.717) is 18.7 Å². The lowest BCUT2D eigenvalue weighted by molar-refractivity contribution is -0.131. The molecule has 0 fully saturated rings. The van der Waals surface area contributed by atoms with E-state index in [1.54, 1.807) is 11.9 Å². The summed E-state index contributed by atoms with van der Waals surface area (Å²) in [6.45, 7) is 6.25. The number of rotatable bonds is 5. The van der Waals surface area contributed by atoms with Crippen molar-refractivity contribution in [3.8, 4) is 0 Å². The van der Waals surface area contributed by atoms with Crippen LogP contribution in [0.2, 0.25) is 0 Å². The molecule has 0 atom stereocenters. The molecule has 0 spiro atoms. The van der Waals surface area contributed by atoms with Gasteiger partial charge in [-0.05, 0) is 38.0 Å². The van der Waals surface area contributed by atoms with Crippen LogP contribution in [-0.2, 0) is 11.2 Å². The highest BCUT2D eigenvalue weighted by molar-refractivity contribution is 5.97. The number of nitrogens with one attached hydrogen (secondary N) is 1. The lowest BCUT2D eigenvalue weighted by Gasteiger charge is -2.23. The van der Waals surface area contributed by atoms with E-state index in [4.69, 9.17) is 0 Å². The van der Waals surface area contributed by atoms with Gasteiger partial charge >= 0.3 is 0 Å². The molecule has 1 aliphatic heterocycles. The molecule has 1 aromatic carbocycles. The van der Waals surface area contributed by atoms with Gasteiger partial charge in [-0.1, -0.05) is 6.07 Å². The summed E-state index contributed by atoms with van der Waals surface area (Å²) in [5.74, 6) is -0.137. The Kier molecular flexibility index (Phi) is 4.83. The van der Waals surface area contributed by atoms with Gasteiger partial charge in [0.2, 0.25) is 5.91 Å². The zero-order chi connectivity index (χ0) is 15.4. The van der Waals surface area contributed by atoms with Crippen molar-refractivity contribution in [1.29, 1.82) is 0 Å². The first-order chi connectivity index (χ1) is 10.1. The first-order valence-corrected chi connectivity index (χ1v) is 7.46. The fraction of sp³-hybridized carbons (Fsp3) is 0.500. The SMILES string of the molecule is CCN(CC)C(=O)CN(C)C(=O)c1ccc2c(c1)NCC2. The number of anilines is 1. The van der Waals surface area contributed by atoms with Gasteiger partial charge in [0.15, 0.2) is 0 Å². The molecule has 0 aromatic heterocycles. The molecule has 5 heteroatoms. The molecule has 1 heterocycles. The van der Waals surface area contributed by atoms with Crippen molar-refractivity contribution in [2.45, 2.75) is 20.3 Å². The number of carbonyl (C=O) groups excluding carboxylic acids is 2. The van der Waals surface area contributed by atoms with E-state index in [9.17, 15) is 9.59 Å². The third-order valence-corrected chi connectivity index (χ3v) is 3.90. The van der Waals surface area contributed by atoms with Crippen LogP contribution < -0.4 is 5.32 Å². The summed E-state index contributed by atoms with van der Waals surface area (Å²) in [4.78, 5) is 27.7. The Labute approximate surface area is 125 Å². The van der Waals surface area contributed by atoms with Gasteiger partial charge in [-0.3, -0.25) is 9.59 Å². The Balaban J connectivity index is 2.04. The van der Waals surface area contributed by atoms with Crippen LogP contribution in [0.15, 0.2) is 18.2 Å². The number of fused-ring (bicyclic) bond motifs is 1. The molecule has 21 heavy (non-hydrogen) atoms. The number of nitrogens with zero attached hydrogens (tertiary/aromatic N) is 2. The fourth-order valence-electron chi connectivity index (χ4n) is 2.60. The van der Waals surface area contributed by atoms with Crippen LogP contribution >= 0.6 is 0 Å². The molecule has 0 saturated heterocycles. The zero-order valence-corrected chi connectivity index (χ0v) is 13.0. The van der Waals surface area contributed by atoms with E-state index in [-0.39, 0.29) is 18.4 Å². The molecule has 2 amide bonds. The van der Waals surface area contributed by atoms with E-state index in [0.717, 1.165) is 18.7 Å². The number of amides is 2. The van der Waals surface area contributed by atoms with Gasteiger partial charge < -0.3 is 15.1 Å². The second kappa shape index (κ2) is 6.61. The molecule has 2 rings (SSSR count). The van der Waals surface area contributed by atoms with Gasteiger partial charge in [-0.25, -0.2) is 0 Å². The number of hydrogen-bond donors (Lipinski definition) is 1. The minimum atomic E-state index is -0.119. The molecule has 0 bridgehead atoms. The minimum absolute atomic E-state index is 0.0184. The Morgan fingerprint density at radius 2 is 1.95 bits per heavy atom. The second-order valence-corrected chi connectivity index (χ2v) is 5.28. The summed E-state index contributed by atoms with van der Waals surface area (Å²) in [7, 11) is 1.67. The largest absolute Gasteiger partial charge is 0.384 e. The Morgan fingerprint density at radius 3 is 2.62 bits per heavy atom. The molecular weight excluding hydrogens is 266 g/mol. The van der Waals surface area contributed by atoms with Crippen molar-refractivity contribution in [1.82, 2.24) is 9.80 Å². The van der Waals surface area contributed by atoms with Gasteiger partial charge in [-0.2, -0.15) is 0 Å². The van der Waals surface area contributed by atoms with Gasteiger partial charge in [0.1, 0.15) is 0 Å². The molecule has 0 radical (unpaired) electrons. The average Bonchev–Trinajstić information content (AvgIpc) is 2.94. The Hall–Kier alpha value is -2.04. The molecule has 1 aliphatic rings. The quantitative estimate of drug-likeness (QED) is 0.895. The highest BCUT2D eigenvalue weighted by Crippen LogP contribution is 2.23. The van der Waals surface area contributed by atoms with Crippen LogP contribution in [0.1, 0.15) is 29.8 Å². The standard InChI is InChI=1S/C16H23N3O2/c1-4-19(5-2)15(20)11-18(3)16(21)13-7-6-12-8-9-17-14(12)10-13/h6-7,10,17H,4-5,8-9,11H2,1-3H3. The summed E-state index contributed by atoms with van der Waals surface area (Å²) in [5.41, 5.74) is 2.90. The highest BCUT2D eigenvalue weighted by atomic mass is 16.2. The normalized spacial score (nSPS) is 12.5. The molecule has 5 nitrogen and oxygen atoms in total. The monoisotopic (exact) mass is 289 g/mol. The maximum atomic E-state index is 12.4. The van der Waals surface area contributed by atoms with E-state index in [1.807, 2.05) is 32.0 Å². The Bertz CT molecular complexity index is 538. The van der Waals surface area contributed by atoms with Gasteiger partial charge in [-0.15, -0.1) is 0 Å². The van der Waals surface area contributed by atoms with Crippen molar-refractivity contribution in [3.05, 3.63) is 29.3 Å². The van der Waals surface area contributed by atoms with Gasteiger partial charge in [0, 0.05) is 37.9 Å². The van der Waals surface area contributed by atoms with Crippen molar-refractivity contribution in [3.63, 3.8) is 0 Å². The van der Waals surface area contributed by atoms with Crippen LogP contribution in [0, 0.1) is 0 Å². The lowest BCUT2D eigenvalue weighted by atomic mass is 10.1. The van der Waals surface area contributed by atoms with Crippen molar-refractivity contribution in [2.75, 3.05) is 38.5 Å². The predicted molar refractivity (Wildman–Crippen MR) is 83.5 cm³/mol. The summed E-state index contributed by atoms with van der Waals surface area (Å²) in [6, 6.07) is 5.71. The number of likely N-dealkylation sites (N-methyl/N-ethyl adjacent to an activating group) is 2. The lowest BCUT2D eigenvalue weighted by Crippen LogP contribution is -2.41. The van der Waals surface area contributed by atoms with E-state index in [1.165, 1.54) is 10.5 Å². The maximum absolute atomic E-state index is 12.4. The van der Waals surface area contributed by atoms with Crippen LogP contribution in [0.25, 0.3) is 0 Å². The Morgan fingerprint density at radius 1 is 1.24 bits per heavy atom. The fourth-order valence-corrected chi connectivity index (χ4v) is 2.60. The summed E-state index contributed by atoms with van der Waals surface area (Å²) >= 11 is 0. The molecule has 0 unspecified atom stereocenters. The smallest absolute Gasteiger partial charge is 0.254 e. The third-order valence-electron chi connectivity index (χ3n) is 3.90. The van der Waals surface area contributed by atoms with Crippen LogP contribution in [0.4, 0.5) is 5.69 Å². The van der Waals surface area contributed by atoms with Crippen LogP contribution in [0.3, 0.4) is 0 Å². The number of carbonyl (C=O) groups is 2. The average molecular weight is 289 g/mol. The molecular formula is C16H23N3O2. The van der Waals surface area contributed by atoms with Crippen LogP contribution in [-0.4, -0.2) is 54.8 Å². The minimum Gasteiger partial charge on any atom is -0.384 e. The van der Waals surface area contributed by atoms with Gasteiger partial charge in [0.05, 0.1) is 6.54 Å². The summed E-state index contributed by atoms with van der Waals surface area (Å²) in [5, 5.41) is 3.27. The zero-order valence-electron chi connectivity index (χ0n) is 13.0. The van der Waals surface area contributed by atoms with E-state index < -0.39 is 0 Å². The predicted octanol–water partition coefficient (Wildman–Crippen LogP) is 1.59. The topological polar surface area (TPSA) is 52.7 Å². The second-order valence-electron chi connectivity index (χ2n) is 5.28. The number of hydrogen-bond acceptors (Lipinski definition) is 3. The highest BCUT2D eigenvalue weighted by Gasteiger charge is 2.19. The summed E-state index contributed by atoms with van der Waals surface area (Å²) in [6.07, 6.45) is 1.00. The van der Waals surface area contributed by atoms with Crippen molar-refractivity contribution < 1.29 is 9.59 Å². The number of benzene rings is 1. The maximum Gasteiger partial charge on any atom is 0.254 e. The first-order valence-electron chi connectivity index (χ1n) is 7.46. The van der Waals surface area contributed by atoms with Crippen LogP contribution in [0.5, 0.6) is 0 Å². The summed E-state index contributed by atoms with van der Waals surface area (Å²) < 4.78 is 0. The molecule has 0 aliphatic carbocycles. The van der Waals surface area contributed by atoms with Crippen molar-refractivity contribution in [2.24, 2.45) is 0 Å². The first kappa shape index (κ1) is 15.4. The van der Waals surface area contributed by atoms with E-state index >= 15 is 0 Å². The third kappa shape index (κ3) is 3.35. The molecule has 0 saturated carbocycles. The van der Waals surface area contributed by atoms with Gasteiger partial charge in [0.25, 0.3) is 5.91 Å². The molecule has 114 valence electrons.